The van der Waals surface area contributed by atoms with Gasteiger partial charge in [-0.05, 0) is 39.0 Å². The van der Waals surface area contributed by atoms with Crippen molar-refractivity contribution in [3.8, 4) is 5.75 Å². The third-order valence-corrected chi connectivity index (χ3v) is 5.80. The van der Waals surface area contributed by atoms with Crippen LogP contribution in [-0.4, -0.2) is 83.9 Å². The Kier molecular flexibility index (Phi) is 9.97. The number of carbonyl (C=O) groups excluding carboxylic acids is 3. The summed E-state index contributed by atoms with van der Waals surface area (Å²) < 4.78 is 43.5. The molecule has 3 atom stereocenters. The van der Waals surface area contributed by atoms with Crippen LogP contribution in [0.3, 0.4) is 0 Å². The number of rotatable bonds is 8. The van der Waals surface area contributed by atoms with Crippen molar-refractivity contribution >= 4 is 23.5 Å². The summed E-state index contributed by atoms with van der Waals surface area (Å²) in [5.41, 5.74) is 0.239. The Morgan fingerprint density at radius 1 is 1.28 bits per heavy atom. The molecule has 3 N–H and O–H groups in total. The molecule has 0 spiro atoms. The van der Waals surface area contributed by atoms with Gasteiger partial charge in [-0.15, -0.1) is 0 Å². The van der Waals surface area contributed by atoms with Crippen molar-refractivity contribution in [1.29, 1.82) is 0 Å². The van der Waals surface area contributed by atoms with E-state index in [0.717, 1.165) is 0 Å². The average Bonchev–Trinajstić information content (AvgIpc) is 2.78. The number of fused-ring (bicyclic) bond motifs is 1. The number of anilines is 1. The number of aliphatic hydroxyl groups excluding tert-OH is 1. The number of nitrogens with one attached hydrogen (secondary N) is 2. The van der Waals surface area contributed by atoms with Crippen molar-refractivity contribution in [3.05, 3.63) is 23.8 Å². The molecular weight excluding hydrogens is 481 g/mol. The molecule has 0 aromatic heterocycles. The molecule has 0 saturated heterocycles. The van der Waals surface area contributed by atoms with Crippen LogP contribution in [0.25, 0.3) is 0 Å². The molecule has 4 amide bonds. The van der Waals surface area contributed by atoms with Crippen LogP contribution < -0.4 is 15.4 Å². The first-order valence-electron chi connectivity index (χ1n) is 11.8. The molecule has 202 valence electrons. The van der Waals surface area contributed by atoms with Crippen molar-refractivity contribution in [2.75, 3.05) is 32.1 Å². The van der Waals surface area contributed by atoms with Gasteiger partial charge in [0.2, 0.25) is 5.91 Å². The molecule has 9 nitrogen and oxygen atoms in total. The minimum Gasteiger partial charge on any atom is -0.487 e. The summed E-state index contributed by atoms with van der Waals surface area (Å²) in [5, 5.41) is 14.9. The number of urea groups is 1. The first kappa shape index (κ1) is 29.2. The number of alkyl halides is 3. The van der Waals surface area contributed by atoms with Gasteiger partial charge in [-0.2, -0.15) is 13.2 Å². The van der Waals surface area contributed by atoms with E-state index in [-0.39, 0.29) is 54.7 Å². The molecule has 1 aromatic carbocycles. The molecule has 0 unspecified atom stereocenters. The molecule has 1 aromatic rings. The first-order chi connectivity index (χ1) is 16.7. The number of likely N-dealkylation sites (N-methyl/N-ethyl adjacent to an activating group) is 1. The van der Waals surface area contributed by atoms with Crippen LogP contribution in [0.5, 0.6) is 5.75 Å². The second-order valence-electron chi connectivity index (χ2n) is 9.48. The van der Waals surface area contributed by atoms with Gasteiger partial charge in [0.05, 0.1) is 31.2 Å². The van der Waals surface area contributed by atoms with E-state index in [1.54, 1.807) is 14.0 Å². The van der Waals surface area contributed by atoms with E-state index in [0.29, 0.717) is 0 Å². The zero-order valence-electron chi connectivity index (χ0n) is 21.2. The third-order valence-electron chi connectivity index (χ3n) is 5.80. The van der Waals surface area contributed by atoms with Gasteiger partial charge in [0.1, 0.15) is 11.9 Å². The average molecular weight is 517 g/mol. The predicted molar refractivity (Wildman–Crippen MR) is 128 cm³/mol. The normalized spacial score (nSPS) is 19.1. The summed E-state index contributed by atoms with van der Waals surface area (Å²) in [4.78, 5) is 40.8. The van der Waals surface area contributed by atoms with Gasteiger partial charge in [-0.3, -0.25) is 9.59 Å². The van der Waals surface area contributed by atoms with Gasteiger partial charge in [-0.1, -0.05) is 6.92 Å². The van der Waals surface area contributed by atoms with Crippen LogP contribution in [0.2, 0.25) is 0 Å². The van der Waals surface area contributed by atoms with Crippen LogP contribution >= 0.6 is 0 Å². The molecule has 1 heterocycles. The highest BCUT2D eigenvalue weighted by molar-refractivity contribution is 5.99. The second kappa shape index (κ2) is 12.3. The van der Waals surface area contributed by atoms with E-state index in [9.17, 15) is 32.7 Å². The number of carbonyl (C=O) groups is 3. The molecule has 1 aliphatic heterocycles. The number of nitrogens with zero attached hydrogens (tertiary/aromatic N) is 2. The Hall–Kier alpha value is -3.02. The second-order valence-corrected chi connectivity index (χ2v) is 9.48. The number of amides is 4. The van der Waals surface area contributed by atoms with Gasteiger partial charge >= 0.3 is 12.2 Å². The van der Waals surface area contributed by atoms with Crippen molar-refractivity contribution in [2.24, 2.45) is 5.92 Å². The van der Waals surface area contributed by atoms with Gasteiger partial charge in [0.15, 0.2) is 0 Å². The minimum atomic E-state index is -4.46. The standard InChI is InChI=1S/C24H35F3N4O5/c1-14(2)28-23(35)30(5)12-20-15(3)11-31(16(4)13-32)22(34)18-10-17(6-7-19(18)36-20)29-21(33)8-9-24(25,26)27/h6-7,10,14-16,20,32H,8-9,11-13H2,1-5H3,(H,28,35)(H,29,33)/t15-,16-,20-/m0/s1. The molecule has 0 bridgehead atoms. The zero-order valence-corrected chi connectivity index (χ0v) is 21.2. The highest BCUT2D eigenvalue weighted by Gasteiger charge is 2.34. The summed E-state index contributed by atoms with van der Waals surface area (Å²) >= 11 is 0. The maximum absolute atomic E-state index is 13.4. The SMILES string of the molecule is CC(C)NC(=O)N(C)C[C@@H]1Oc2ccc(NC(=O)CCC(F)(F)F)cc2C(=O)N([C@@H](C)CO)C[C@@H]1C. The lowest BCUT2D eigenvalue weighted by atomic mass is 9.99. The Morgan fingerprint density at radius 2 is 1.94 bits per heavy atom. The summed E-state index contributed by atoms with van der Waals surface area (Å²) in [6, 6.07) is 3.39. The Morgan fingerprint density at radius 3 is 2.53 bits per heavy atom. The maximum atomic E-state index is 13.4. The third kappa shape index (κ3) is 8.28. The molecule has 2 rings (SSSR count). The Bertz CT molecular complexity index is 941. The van der Waals surface area contributed by atoms with Crippen LogP contribution in [-0.2, 0) is 4.79 Å². The summed E-state index contributed by atoms with van der Waals surface area (Å²) in [5.74, 6) is -1.30. The highest BCUT2D eigenvalue weighted by atomic mass is 19.4. The Balaban J connectivity index is 2.34. The molecule has 0 radical (unpaired) electrons. The topological polar surface area (TPSA) is 111 Å². The molecule has 36 heavy (non-hydrogen) atoms. The van der Waals surface area contributed by atoms with Gasteiger partial charge in [-0.25, -0.2) is 4.79 Å². The van der Waals surface area contributed by atoms with Crippen LogP contribution in [0.15, 0.2) is 18.2 Å². The lowest BCUT2D eigenvalue weighted by Crippen LogP contribution is -2.51. The highest BCUT2D eigenvalue weighted by Crippen LogP contribution is 2.31. The van der Waals surface area contributed by atoms with Crippen LogP contribution in [0.4, 0.5) is 23.7 Å². The monoisotopic (exact) mass is 516 g/mol. The summed E-state index contributed by atoms with van der Waals surface area (Å²) in [7, 11) is 1.63. The number of aliphatic hydroxyl groups is 1. The number of benzene rings is 1. The molecule has 0 fully saturated rings. The smallest absolute Gasteiger partial charge is 0.389 e. The van der Waals surface area contributed by atoms with Gasteiger partial charge in [0, 0.05) is 37.7 Å². The number of halogens is 3. The van der Waals surface area contributed by atoms with E-state index in [2.05, 4.69) is 10.6 Å². The van der Waals surface area contributed by atoms with Crippen LogP contribution in [0, 0.1) is 5.92 Å². The minimum absolute atomic E-state index is 0.0559. The van der Waals surface area contributed by atoms with E-state index in [1.807, 2.05) is 20.8 Å². The number of hydrogen-bond donors (Lipinski definition) is 3. The quantitative estimate of drug-likeness (QED) is 0.491. The summed E-state index contributed by atoms with van der Waals surface area (Å²) in [6.07, 6.45) is -6.98. The fourth-order valence-electron chi connectivity index (χ4n) is 3.71. The van der Waals surface area contributed by atoms with Crippen molar-refractivity contribution < 1.29 is 37.4 Å². The lowest BCUT2D eigenvalue weighted by Gasteiger charge is -2.38. The predicted octanol–water partition coefficient (Wildman–Crippen LogP) is 3.24. The fourth-order valence-corrected chi connectivity index (χ4v) is 3.71. The number of hydrogen-bond acceptors (Lipinski definition) is 5. The molecule has 12 heteroatoms. The lowest BCUT2D eigenvalue weighted by molar-refractivity contribution is -0.142. The maximum Gasteiger partial charge on any atom is 0.389 e. The molecule has 1 aliphatic rings. The van der Waals surface area contributed by atoms with Crippen LogP contribution in [0.1, 0.15) is 50.9 Å². The largest absolute Gasteiger partial charge is 0.487 e. The molecule has 0 aliphatic carbocycles. The fraction of sp³-hybridized carbons (Fsp3) is 0.625. The van der Waals surface area contributed by atoms with E-state index < -0.39 is 43.0 Å². The van der Waals surface area contributed by atoms with E-state index in [4.69, 9.17) is 4.74 Å². The van der Waals surface area contributed by atoms with Gasteiger partial charge < -0.3 is 30.3 Å². The van der Waals surface area contributed by atoms with Crippen molar-refractivity contribution in [3.63, 3.8) is 0 Å². The van der Waals surface area contributed by atoms with Crippen molar-refractivity contribution in [1.82, 2.24) is 15.1 Å². The number of ether oxygens (including phenoxy) is 1. The first-order valence-corrected chi connectivity index (χ1v) is 11.8. The molecular formula is C24H35F3N4O5. The van der Waals surface area contributed by atoms with E-state index >= 15 is 0 Å². The van der Waals surface area contributed by atoms with E-state index in [1.165, 1.54) is 28.0 Å². The molecule has 0 saturated carbocycles. The summed E-state index contributed by atoms with van der Waals surface area (Å²) in [6.45, 7) is 7.41. The van der Waals surface area contributed by atoms with Gasteiger partial charge in [0.25, 0.3) is 5.91 Å². The zero-order chi connectivity index (χ0) is 27.2. The Labute approximate surface area is 209 Å². The van der Waals surface area contributed by atoms with Crippen molar-refractivity contribution in [2.45, 2.75) is 64.9 Å².